The number of H-pyrrole nitrogens is 1. The first-order valence-corrected chi connectivity index (χ1v) is 17.2. The van der Waals surface area contributed by atoms with Crippen LogP contribution in [0.2, 0.25) is 0 Å². The van der Waals surface area contributed by atoms with Crippen LogP contribution in [0.4, 0.5) is 0 Å². The normalized spacial score (nSPS) is 19.9. The molecule has 4 rings (SSSR count). The van der Waals surface area contributed by atoms with E-state index in [2.05, 4.69) is 23.8 Å². The summed E-state index contributed by atoms with van der Waals surface area (Å²) >= 11 is 0. The summed E-state index contributed by atoms with van der Waals surface area (Å²) in [6.07, 6.45) is 7.34. The molecule has 4 heterocycles. The first-order chi connectivity index (χ1) is 24.5. The number of carbonyl (C=O) groups excluding carboxylic acids is 4. The maximum absolute atomic E-state index is 12.8. The maximum atomic E-state index is 12.8. The van der Waals surface area contributed by atoms with Crippen LogP contribution in [0.25, 0.3) is 12.2 Å². The summed E-state index contributed by atoms with van der Waals surface area (Å²) in [5, 5.41) is 0. The largest absolute Gasteiger partial charge is 0.484 e. The summed E-state index contributed by atoms with van der Waals surface area (Å²) in [4.78, 5) is 68.6. The molecule has 0 radical (unpaired) electrons. The van der Waals surface area contributed by atoms with E-state index in [-0.39, 0.29) is 49.4 Å². The van der Waals surface area contributed by atoms with Crippen molar-refractivity contribution in [2.75, 3.05) is 35.5 Å². The van der Waals surface area contributed by atoms with Gasteiger partial charge in [-0.1, -0.05) is 27.7 Å². The molecular formula is C39H50N4O9. The average molecular weight is 719 g/mol. The Labute approximate surface area is 305 Å². The van der Waals surface area contributed by atoms with Crippen molar-refractivity contribution in [1.29, 1.82) is 0 Å². The topological polar surface area (TPSA) is 167 Å². The predicted molar refractivity (Wildman–Crippen MR) is 198 cm³/mol. The summed E-state index contributed by atoms with van der Waals surface area (Å²) in [5.41, 5.74) is 6.76. The van der Waals surface area contributed by atoms with E-state index < -0.39 is 23.9 Å². The number of hydrogen-bond donors (Lipinski definition) is 1. The molecule has 3 aliphatic heterocycles. The molecule has 1 N–H and O–H groups in total. The Hall–Kier alpha value is -5.07. The van der Waals surface area contributed by atoms with Crippen LogP contribution in [0.3, 0.4) is 0 Å². The highest BCUT2D eigenvalue weighted by molar-refractivity contribution is 6.15. The molecule has 0 saturated heterocycles. The van der Waals surface area contributed by atoms with Crippen molar-refractivity contribution in [2.45, 2.75) is 86.0 Å². The van der Waals surface area contributed by atoms with Crippen LogP contribution < -0.4 is 0 Å². The van der Waals surface area contributed by atoms with Crippen LogP contribution in [0.5, 0.6) is 0 Å². The molecule has 52 heavy (non-hydrogen) atoms. The van der Waals surface area contributed by atoms with Gasteiger partial charge in [0.05, 0.1) is 65.5 Å². The third kappa shape index (κ3) is 9.23. The number of hydrogen-bond acceptors (Lipinski definition) is 12. The zero-order valence-corrected chi connectivity index (χ0v) is 31.9. The number of ether oxygens (including phenoxy) is 5. The Morgan fingerprint density at radius 3 is 1.77 bits per heavy atom. The third-order valence-corrected chi connectivity index (χ3v) is 9.52. The van der Waals surface area contributed by atoms with Crippen LogP contribution in [0.15, 0.2) is 49.3 Å². The molecule has 1 aromatic heterocycles. The van der Waals surface area contributed by atoms with E-state index in [1.807, 2.05) is 39.0 Å². The molecule has 0 aromatic carbocycles. The van der Waals surface area contributed by atoms with E-state index >= 15 is 0 Å². The Morgan fingerprint density at radius 2 is 1.21 bits per heavy atom. The number of esters is 4. The number of nitrogens with one attached hydrogen (secondary N) is 1. The van der Waals surface area contributed by atoms with E-state index in [0.29, 0.717) is 57.4 Å². The smallest absolute Gasteiger partial charge is 0.310 e. The van der Waals surface area contributed by atoms with Crippen molar-refractivity contribution >= 4 is 53.4 Å². The molecule has 0 amide bonds. The Balaban J connectivity index is 2.02. The van der Waals surface area contributed by atoms with Crippen molar-refractivity contribution < 1.29 is 42.9 Å². The van der Waals surface area contributed by atoms with Crippen molar-refractivity contribution in [3.8, 4) is 0 Å². The summed E-state index contributed by atoms with van der Waals surface area (Å²) in [5.74, 6) is -1.19. The summed E-state index contributed by atoms with van der Waals surface area (Å²) in [6, 6.07) is 0. The molecule has 280 valence electrons. The molecule has 0 unspecified atom stereocenters. The highest BCUT2D eigenvalue weighted by atomic mass is 16.5. The van der Waals surface area contributed by atoms with Crippen LogP contribution >= 0.6 is 0 Å². The van der Waals surface area contributed by atoms with Crippen LogP contribution in [-0.2, 0) is 55.7 Å². The van der Waals surface area contributed by atoms with Crippen molar-refractivity contribution in [1.82, 2.24) is 4.98 Å². The minimum absolute atomic E-state index is 0.0297. The second-order valence-electron chi connectivity index (χ2n) is 14.3. The van der Waals surface area contributed by atoms with E-state index in [1.54, 1.807) is 7.11 Å². The zero-order chi connectivity index (χ0) is 38.4. The minimum atomic E-state index is -0.479. The van der Waals surface area contributed by atoms with Crippen LogP contribution in [0.1, 0.15) is 95.7 Å². The first kappa shape index (κ1) is 39.7. The lowest BCUT2D eigenvalue weighted by Crippen LogP contribution is -2.14. The van der Waals surface area contributed by atoms with Gasteiger partial charge in [0, 0.05) is 52.9 Å². The van der Waals surface area contributed by atoms with E-state index in [0.717, 1.165) is 23.5 Å². The highest BCUT2D eigenvalue weighted by Crippen LogP contribution is 2.42. The molecular weight excluding hydrogens is 668 g/mol. The Morgan fingerprint density at radius 1 is 0.654 bits per heavy atom. The second-order valence-corrected chi connectivity index (χ2v) is 14.3. The van der Waals surface area contributed by atoms with E-state index in [9.17, 15) is 19.2 Å². The van der Waals surface area contributed by atoms with Gasteiger partial charge in [-0.15, -0.1) is 0 Å². The molecule has 13 nitrogen and oxygen atoms in total. The van der Waals surface area contributed by atoms with Gasteiger partial charge in [0.25, 0.3) is 0 Å². The van der Waals surface area contributed by atoms with Gasteiger partial charge in [0.15, 0.2) is 5.90 Å². The lowest BCUT2D eigenvalue weighted by Gasteiger charge is -2.18. The van der Waals surface area contributed by atoms with E-state index in [1.165, 1.54) is 28.4 Å². The number of nitrogens with zero attached hydrogens (tertiary/aromatic N) is 3. The van der Waals surface area contributed by atoms with Gasteiger partial charge in [0.1, 0.15) is 0 Å². The summed E-state index contributed by atoms with van der Waals surface area (Å²) < 4.78 is 25.5. The monoisotopic (exact) mass is 718 g/mol. The van der Waals surface area contributed by atoms with Gasteiger partial charge in [-0.25, -0.2) is 9.98 Å². The lowest BCUT2D eigenvalue weighted by molar-refractivity contribution is -0.141. The lowest BCUT2D eigenvalue weighted by atomic mass is 9.86. The number of methoxy groups -OCH3 is 5. The number of aromatic amines is 1. The maximum Gasteiger partial charge on any atom is 0.310 e. The number of carbonyl (C=O) groups is 4. The molecule has 0 bridgehead atoms. The van der Waals surface area contributed by atoms with Gasteiger partial charge in [-0.3, -0.25) is 24.2 Å². The fourth-order valence-electron chi connectivity index (χ4n) is 6.63. The standard InChI is InChI=1S/C39H50N4O9/c1-22-20-38(2,3)31(40-22)18-29-25(15-36(46)51-9)23(11-13-34(44)49-7)27(41-29)17-28-24(12-14-35(45)50-8)26(16-37(47)52-10)30(42-28)19-32-39(4,5)21-33(43-32)48-6/h17-19,41H,11-16,20-21H2,1-10H3/b28-17-,31-18-,32-19-. The van der Waals surface area contributed by atoms with Gasteiger partial charge in [-0.05, 0) is 66.7 Å². The van der Waals surface area contributed by atoms with Gasteiger partial charge < -0.3 is 28.7 Å². The summed E-state index contributed by atoms with van der Waals surface area (Å²) in [7, 11) is 6.86. The Kier molecular flexibility index (Phi) is 12.6. The predicted octanol–water partition coefficient (Wildman–Crippen LogP) is 6.03. The van der Waals surface area contributed by atoms with E-state index in [4.69, 9.17) is 33.7 Å². The Bertz CT molecular complexity index is 1850. The van der Waals surface area contributed by atoms with Gasteiger partial charge in [0.2, 0.25) is 0 Å². The van der Waals surface area contributed by atoms with Gasteiger partial charge in [-0.2, -0.15) is 0 Å². The van der Waals surface area contributed by atoms with Crippen LogP contribution in [0, 0.1) is 10.8 Å². The minimum Gasteiger partial charge on any atom is -0.484 e. The highest BCUT2D eigenvalue weighted by Gasteiger charge is 2.35. The molecule has 0 aliphatic carbocycles. The first-order valence-electron chi connectivity index (χ1n) is 17.2. The van der Waals surface area contributed by atoms with Crippen molar-refractivity contribution in [2.24, 2.45) is 25.8 Å². The van der Waals surface area contributed by atoms with Crippen molar-refractivity contribution in [3.05, 3.63) is 56.8 Å². The van der Waals surface area contributed by atoms with Crippen molar-refractivity contribution in [3.63, 3.8) is 0 Å². The number of rotatable bonds is 13. The fraction of sp³-hybridized carbons (Fsp3) is 0.513. The molecule has 0 saturated carbocycles. The molecule has 13 heteroatoms. The molecule has 3 aliphatic rings. The third-order valence-electron chi connectivity index (χ3n) is 9.52. The average Bonchev–Trinajstić information content (AvgIpc) is 3.77. The fourth-order valence-corrected chi connectivity index (χ4v) is 6.63. The summed E-state index contributed by atoms with van der Waals surface area (Å²) in [6.45, 7) is 10.3. The molecule has 0 fully saturated rings. The number of allylic oxidation sites excluding steroid dienone is 4. The number of aromatic nitrogens is 1. The molecule has 0 atom stereocenters. The zero-order valence-electron chi connectivity index (χ0n) is 31.9. The number of aliphatic imine (C=N–C) groups is 3. The second kappa shape index (κ2) is 16.5. The SMILES string of the molecule is COC(=O)CCC1=C(CC(=O)OC)C(/C=C2\N=C(OC)CC2(C)C)=NC/1=C\c1[nH]c(/C=C2\N=C(C)CC2(C)C)c(CC(=O)OC)c1CCC(=O)OC. The molecule has 0 spiro atoms. The van der Waals surface area contributed by atoms with Crippen LogP contribution in [-0.4, -0.2) is 81.7 Å². The quantitative estimate of drug-likeness (QED) is 0.189. The van der Waals surface area contributed by atoms with Gasteiger partial charge >= 0.3 is 23.9 Å². The molecule has 1 aromatic rings.